The third-order valence-corrected chi connectivity index (χ3v) is 4.45. The number of aryl methyl sites for hydroxylation is 1. The first-order chi connectivity index (χ1) is 10.4. The summed E-state index contributed by atoms with van der Waals surface area (Å²) < 4.78 is 2.26. The van der Waals surface area contributed by atoms with Gasteiger partial charge in [-0.05, 0) is 24.8 Å². The lowest BCUT2D eigenvalue weighted by Crippen LogP contribution is -2.06. The zero-order valence-electron chi connectivity index (χ0n) is 12.8. The van der Waals surface area contributed by atoms with Crippen LogP contribution in [0.2, 0.25) is 0 Å². The third kappa shape index (κ3) is 2.62. The second-order valence-electron chi connectivity index (χ2n) is 5.87. The van der Waals surface area contributed by atoms with Crippen molar-refractivity contribution in [1.82, 2.24) is 9.55 Å². The zero-order chi connectivity index (χ0) is 14.7. The van der Waals surface area contributed by atoms with Gasteiger partial charge in [-0.25, -0.2) is 4.98 Å². The summed E-state index contributed by atoms with van der Waals surface area (Å²) in [6.07, 6.45) is 8.85. The molecule has 0 saturated heterocycles. The Labute approximate surface area is 126 Å². The van der Waals surface area contributed by atoms with Gasteiger partial charge in [-0.1, -0.05) is 50.5 Å². The molecule has 1 aromatic heterocycles. The van der Waals surface area contributed by atoms with Crippen LogP contribution in [0.4, 0.5) is 0 Å². The summed E-state index contributed by atoms with van der Waals surface area (Å²) in [5, 5.41) is 9.35. The molecule has 1 aromatic carbocycles. The molecule has 0 radical (unpaired) electrons. The van der Waals surface area contributed by atoms with Crippen molar-refractivity contribution in [1.29, 1.82) is 0 Å². The molecule has 1 N–H and O–H groups in total. The maximum absolute atomic E-state index is 9.35. The van der Waals surface area contributed by atoms with Crippen LogP contribution in [-0.2, 0) is 6.42 Å². The van der Waals surface area contributed by atoms with Crippen molar-refractivity contribution in [2.75, 3.05) is 6.61 Å². The fourth-order valence-corrected chi connectivity index (χ4v) is 3.40. The molecule has 0 amide bonds. The lowest BCUT2D eigenvalue weighted by Gasteiger charge is -2.12. The highest BCUT2D eigenvalue weighted by molar-refractivity contribution is 5.71. The zero-order valence-corrected chi connectivity index (χ0v) is 12.8. The van der Waals surface area contributed by atoms with E-state index in [1.807, 2.05) is 6.33 Å². The van der Waals surface area contributed by atoms with Crippen LogP contribution >= 0.6 is 0 Å². The molecule has 3 rings (SSSR count). The molecule has 3 heteroatoms. The lowest BCUT2D eigenvalue weighted by molar-refractivity contribution is 0.270. The molecule has 0 aliphatic carbocycles. The van der Waals surface area contributed by atoms with Gasteiger partial charge in [0.25, 0.3) is 0 Å². The van der Waals surface area contributed by atoms with Crippen LogP contribution in [0.3, 0.4) is 0 Å². The predicted molar refractivity (Wildman–Crippen MR) is 85.4 cm³/mol. The van der Waals surface area contributed by atoms with Crippen molar-refractivity contribution in [3.05, 3.63) is 41.9 Å². The Morgan fingerprint density at radius 2 is 2.05 bits per heavy atom. The minimum Gasteiger partial charge on any atom is -0.396 e. The average molecular weight is 284 g/mol. The number of imidazole rings is 1. The summed E-state index contributed by atoms with van der Waals surface area (Å²) >= 11 is 0. The van der Waals surface area contributed by atoms with Crippen molar-refractivity contribution in [3.63, 3.8) is 0 Å². The second-order valence-corrected chi connectivity index (χ2v) is 5.87. The molecule has 0 saturated carbocycles. The quantitative estimate of drug-likeness (QED) is 0.782. The van der Waals surface area contributed by atoms with E-state index in [0.717, 1.165) is 12.8 Å². The van der Waals surface area contributed by atoms with E-state index in [0.29, 0.717) is 0 Å². The number of aliphatic hydroxyl groups excluding tert-OH is 1. The van der Waals surface area contributed by atoms with Crippen LogP contribution in [0, 0.1) is 0 Å². The largest absolute Gasteiger partial charge is 0.396 e. The van der Waals surface area contributed by atoms with Crippen LogP contribution < -0.4 is 0 Å². The molecule has 112 valence electrons. The number of fused-ring (bicyclic) bond motifs is 3. The molecule has 0 bridgehead atoms. The van der Waals surface area contributed by atoms with Gasteiger partial charge < -0.3 is 9.67 Å². The van der Waals surface area contributed by atoms with E-state index in [1.165, 1.54) is 48.2 Å². The van der Waals surface area contributed by atoms with Gasteiger partial charge in [-0.2, -0.15) is 0 Å². The van der Waals surface area contributed by atoms with E-state index in [1.54, 1.807) is 0 Å². The molecule has 0 spiro atoms. The number of rotatable bonds is 7. The topological polar surface area (TPSA) is 38.0 Å². The van der Waals surface area contributed by atoms with Crippen molar-refractivity contribution in [2.45, 2.75) is 51.5 Å². The number of aromatic nitrogens is 2. The molecule has 1 aliphatic heterocycles. The molecule has 2 heterocycles. The number of benzene rings is 1. The van der Waals surface area contributed by atoms with Gasteiger partial charge in [0.1, 0.15) is 0 Å². The molecular weight excluding hydrogens is 260 g/mol. The lowest BCUT2D eigenvalue weighted by atomic mass is 9.99. The fourth-order valence-electron chi connectivity index (χ4n) is 3.40. The van der Waals surface area contributed by atoms with Gasteiger partial charge in [0.2, 0.25) is 0 Å². The number of nitrogens with zero attached hydrogens (tertiary/aromatic N) is 2. The van der Waals surface area contributed by atoms with E-state index >= 15 is 0 Å². The molecule has 3 nitrogen and oxygen atoms in total. The standard InChI is InChI=1S/C18H24N2O/c1-2-3-4-5-10-16-18-15-9-7-6-8-14(15)17(11-12-21)20(18)13-19-16/h6-9,13,17,21H,2-5,10-12H2,1H3. The summed E-state index contributed by atoms with van der Waals surface area (Å²) in [6.45, 7) is 2.45. The Bertz CT molecular complexity index is 603. The Morgan fingerprint density at radius 3 is 2.86 bits per heavy atom. The molecular formula is C18H24N2O. The molecule has 1 aliphatic rings. The molecule has 1 unspecified atom stereocenters. The second kappa shape index (κ2) is 6.44. The summed E-state index contributed by atoms with van der Waals surface area (Å²) in [6, 6.07) is 8.81. The number of hydrogen-bond donors (Lipinski definition) is 1. The monoisotopic (exact) mass is 284 g/mol. The van der Waals surface area contributed by atoms with Crippen LogP contribution in [0.25, 0.3) is 11.3 Å². The smallest absolute Gasteiger partial charge is 0.0960 e. The average Bonchev–Trinajstić information content (AvgIpc) is 3.05. The first kappa shape index (κ1) is 14.3. The summed E-state index contributed by atoms with van der Waals surface area (Å²) in [5.74, 6) is 0. The maximum atomic E-state index is 9.35. The minimum absolute atomic E-state index is 0.211. The highest BCUT2D eigenvalue weighted by Crippen LogP contribution is 2.42. The Balaban J connectivity index is 1.88. The van der Waals surface area contributed by atoms with Crippen LogP contribution in [0.15, 0.2) is 30.6 Å². The Kier molecular flexibility index (Phi) is 4.39. The van der Waals surface area contributed by atoms with Crippen molar-refractivity contribution in [3.8, 4) is 11.3 Å². The van der Waals surface area contributed by atoms with E-state index in [-0.39, 0.29) is 12.6 Å². The summed E-state index contributed by atoms with van der Waals surface area (Å²) in [5.41, 5.74) is 5.14. The molecule has 2 aromatic rings. The molecule has 1 atom stereocenters. The van der Waals surface area contributed by atoms with Crippen molar-refractivity contribution < 1.29 is 5.11 Å². The van der Waals surface area contributed by atoms with E-state index in [4.69, 9.17) is 0 Å². The number of aliphatic hydroxyl groups is 1. The van der Waals surface area contributed by atoms with Gasteiger partial charge in [0.15, 0.2) is 0 Å². The summed E-state index contributed by atoms with van der Waals surface area (Å²) in [4.78, 5) is 4.65. The summed E-state index contributed by atoms with van der Waals surface area (Å²) in [7, 11) is 0. The number of hydrogen-bond acceptors (Lipinski definition) is 2. The first-order valence-electron chi connectivity index (χ1n) is 8.12. The van der Waals surface area contributed by atoms with Gasteiger partial charge in [0, 0.05) is 12.2 Å². The van der Waals surface area contributed by atoms with Gasteiger partial charge >= 0.3 is 0 Å². The van der Waals surface area contributed by atoms with Crippen molar-refractivity contribution in [2.24, 2.45) is 0 Å². The van der Waals surface area contributed by atoms with Crippen LogP contribution in [-0.4, -0.2) is 21.3 Å². The first-order valence-corrected chi connectivity index (χ1v) is 8.12. The highest BCUT2D eigenvalue weighted by atomic mass is 16.3. The minimum atomic E-state index is 0.211. The highest BCUT2D eigenvalue weighted by Gasteiger charge is 2.29. The Hall–Kier alpha value is -1.61. The van der Waals surface area contributed by atoms with Crippen LogP contribution in [0.1, 0.15) is 56.3 Å². The maximum Gasteiger partial charge on any atom is 0.0960 e. The van der Waals surface area contributed by atoms with E-state index in [9.17, 15) is 5.11 Å². The predicted octanol–water partition coefficient (Wildman–Crippen LogP) is 3.96. The molecule has 21 heavy (non-hydrogen) atoms. The normalized spacial score (nSPS) is 16.0. The third-order valence-electron chi connectivity index (χ3n) is 4.45. The van der Waals surface area contributed by atoms with Gasteiger partial charge in [-0.15, -0.1) is 0 Å². The Morgan fingerprint density at radius 1 is 1.19 bits per heavy atom. The van der Waals surface area contributed by atoms with Crippen molar-refractivity contribution >= 4 is 0 Å². The fraction of sp³-hybridized carbons (Fsp3) is 0.500. The van der Waals surface area contributed by atoms with E-state index < -0.39 is 0 Å². The van der Waals surface area contributed by atoms with Gasteiger partial charge in [0.05, 0.1) is 23.8 Å². The van der Waals surface area contributed by atoms with Crippen LogP contribution in [0.5, 0.6) is 0 Å². The van der Waals surface area contributed by atoms with Gasteiger partial charge in [-0.3, -0.25) is 0 Å². The molecule has 0 fully saturated rings. The van der Waals surface area contributed by atoms with E-state index in [2.05, 4.69) is 40.7 Å². The number of unbranched alkanes of at least 4 members (excludes halogenated alkanes) is 3. The SMILES string of the molecule is CCCCCCc1ncn2c1-c1ccccc1C2CCO.